The lowest BCUT2D eigenvalue weighted by atomic mass is 10.2. The van der Waals surface area contributed by atoms with E-state index in [2.05, 4.69) is 9.97 Å². The molecule has 0 aliphatic heterocycles. The first-order valence-corrected chi connectivity index (χ1v) is 7.92. The maximum absolute atomic E-state index is 10.8. The van der Waals surface area contributed by atoms with Gasteiger partial charge in [-0.3, -0.25) is 10.1 Å². The molecule has 0 atom stereocenters. The largest absolute Gasteiger partial charge is 0.431 e. The minimum Gasteiger partial charge on any atom is -0.431 e. The highest BCUT2D eigenvalue weighted by Gasteiger charge is 2.12. The Morgan fingerprint density at radius 2 is 2.13 bits per heavy atom. The molecule has 0 saturated carbocycles. The van der Waals surface area contributed by atoms with Crippen LogP contribution in [0.25, 0.3) is 22.0 Å². The molecule has 4 rings (SSSR count). The van der Waals surface area contributed by atoms with Crippen molar-refractivity contribution in [3.63, 3.8) is 0 Å². The maximum Gasteiger partial charge on any atom is 0.271 e. The Bertz CT molecular complexity index is 989. The van der Waals surface area contributed by atoms with Crippen LogP contribution in [0.4, 0.5) is 5.69 Å². The molecule has 114 valence electrons. The fourth-order valence-electron chi connectivity index (χ4n) is 2.46. The van der Waals surface area contributed by atoms with Gasteiger partial charge in [0.2, 0.25) is 0 Å². The van der Waals surface area contributed by atoms with Gasteiger partial charge in [0.25, 0.3) is 10.9 Å². The van der Waals surface area contributed by atoms with Gasteiger partial charge in [0.05, 0.1) is 10.4 Å². The summed E-state index contributed by atoms with van der Waals surface area (Å²) in [5.74, 6) is 0.671. The van der Waals surface area contributed by atoms with Crippen molar-refractivity contribution >= 4 is 39.5 Å². The number of nitrogens with zero attached hydrogens (tertiary/aromatic N) is 2. The Morgan fingerprint density at radius 1 is 1.26 bits per heavy atom. The van der Waals surface area contributed by atoms with Crippen LogP contribution in [0, 0.1) is 10.1 Å². The van der Waals surface area contributed by atoms with E-state index in [4.69, 9.17) is 4.42 Å². The first kappa shape index (κ1) is 13.8. The predicted molar refractivity (Wildman–Crippen MR) is 88.5 cm³/mol. The number of para-hydroxylation sites is 2. The number of non-ortho nitro benzene ring substituents is 1. The SMILES string of the molecule is O=[N+]([O-])c1ccc2c(CSc3nc4ccccc4o3)c[nH]c2c1. The van der Waals surface area contributed by atoms with Crippen LogP contribution < -0.4 is 0 Å². The van der Waals surface area contributed by atoms with Crippen LogP contribution in [-0.4, -0.2) is 14.9 Å². The van der Waals surface area contributed by atoms with Gasteiger partial charge in [0, 0.05) is 29.5 Å². The number of hydrogen-bond donors (Lipinski definition) is 1. The smallest absolute Gasteiger partial charge is 0.271 e. The highest BCUT2D eigenvalue weighted by molar-refractivity contribution is 7.98. The van der Waals surface area contributed by atoms with Crippen molar-refractivity contribution in [2.45, 2.75) is 11.0 Å². The average Bonchev–Trinajstić information content (AvgIpc) is 3.15. The standard InChI is InChI=1S/C16H11N3O3S/c20-19(21)11-5-6-12-10(8-17-14(12)7-11)9-23-16-18-13-3-1-2-4-15(13)22-16/h1-8,17H,9H2. The van der Waals surface area contributed by atoms with Gasteiger partial charge < -0.3 is 9.40 Å². The molecular weight excluding hydrogens is 314 g/mol. The molecule has 7 heteroatoms. The summed E-state index contributed by atoms with van der Waals surface area (Å²) in [5, 5.41) is 12.4. The predicted octanol–water partition coefficient (Wildman–Crippen LogP) is 4.51. The van der Waals surface area contributed by atoms with Crippen LogP contribution in [0.1, 0.15) is 5.56 Å². The number of nitro benzene ring substituents is 1. The third-order valence-corrected chi connectivity index (χ3v) is 4.46. The Labute approximate surface area is 134 Å². The van der Waals surface area contributed by atoms with E-state index < -0.39 is 4.92 Å². The number of fused-ring (bicyclic) bond motifs is 2. The number of oxazole rings is 1. The Kier molecular flexibility index (Phi) is 3.27. The van der Waals surface area contributed by atoms with E-state index in [-0.39, 0.29) is 5.69 Å². The molecule has 0 radical (unpaired) electrons. The molecule has 0 spiro atoms. The zero-order valence-electron chi connectivity index (χ0n) is 11.9. The summed E-state index contributed by atoms with van der Waals surface area (Å²) < 4.78 is 5.68. The number of rotatable bonds is 4. The molecule has 0 fully saturated rings. The molecule has 0 bridgehead atoms. The number of thioether (sulfide) groups is 1. The third kappa shape index (κ3) is 2.55. The number of nitro groups is 1. The van der Waals surface area contributed by atoms with Crippen LogP contribution in [-0.2, 0) is 5.75 Å². The molecule has 23 heavy (non-hydrogen) atoms. The average molecular weight is 325 g/mol. The van der Waals surface area contributed by atoms with E-state index in [1.54, 1.807) is 12.1 Å². The fourth-order valence-corrected chi connectivity index (χ4v) is 3.29. The van der Waals surface area contributed by atoms with E-state index in [0.29, 0.717) is 11.0 Å². The first-order valence-electron chi connectivity index (χ1n) is 6.93. The van der Waals surface area contributed by atoms with Crippen molar-refractivity contribution < 1.29 is 9.34 Å². The van der Waals surface area contributed by atoms with Crippen LogP contribution in [0.15, 0.2) is 58.3 Å². The number of hydrogen-bond acceptors (Lipinski definition) is 5. The van der Waals surface area contributed by atoms with Crippen LogP contribution in [0.3, 0.4) is 0 Å². The van der Waals surface area contributed by atoms with Crippen molar-refractivity contribution in [3.8, 4) is 0 Å². The lowest BCUT2D eigenvalue weighted by Gasteiger charge is -1.97. The lowest BCUT2D eigenvalue weighted by molar-refractivity contribution is -0.384. The number of H-pyrrole nitrogens is 1. The summed E-state index contributed by atoms with van der Waals surface area (Å²) in [4.78, 5) is 17.9. The number of aromatic nitrogens is 2. The second-order valence-corrected chi connectivity index (χ2v) is 5.96. The highest BCUT2D eigenvalue weighted by atomic mass is 32.2. The Morgan fingerprint density at radius 3 is 2.96 bits per heavy atom. The molecule has 0 unspecified atom stereocenters. The van der Waals surface area contributed by atoms with Crippen LogP contribution >= 0.6 is 11.8 Å². The Balaban J connectivity index is 1.59. The molecule has 0 aliphatic rings. The van der Waals surface area contributed by atoms with Gasteiger partial charge in [0.15, 0.2) is 5.58 Å². The summed E-state index contributed by atoms with van der Waals surface area (Å²) in [6.45, 7) is 0. The van der Waals surface area contributed by atoms with Crippen LogP contribution in [0.5, 0.6) is 0 Å². The van der Waals surface area contributed by atoms with Crippen molar-refractivity contribution in [1.29, 1.82) is 0 Å². The summed E-state index contributed by atoms with van der Waals surface area (Å²) in [7, 11) is 0. The van der Waals surface area contributed by atoms with E-state index in [1.165, 1.54) is 17.8 Å². The summed E-state index contributed by atoms with van der Waals surface area (Å²) in [5.41, 5.74) is 3.50. The van der Waals surface area contributed by atoms with Crippen LogP contribution in [0.2, 0.25) is 0 Å². The van der Waals surface area contributed by atoms with E-state index in [9.17, 15) is 10.1 Å². The lowest BCUT2D eigenvalue weighted by Crippen LogP contribution is -1.87. The molecule has 0 amide bonds. The zero-order valence-corrected chi connectivity index (χ0v) is 12.7. The van der Waals surface area contributed by atoms with E-state index in [0.717, 1.165) is 27.6 Å². The van der Waals surface area contributed by atoms with Gasteiger partial charge in [-0.2, -0.15) is 0 Å². The zero-order chi connectivity index (χ0) is 15.8. The molecular formula is C16H11N3O3S. The van der Waals surface area contributed by atoms with Crippen molar-refractivity contribution in [3.05, 3.63) is 64.3 Å². The minimum absolute atomic E-state index is 0.0810. The molecule has 0 aliphatic carbocycles. The molecule has 2 aromatic carbocycles. The van der Waals surface area contributed by atoms with Gasteiger partial charge in [-0.25, -0.2) is 4.98 Å². The molecule has 2 heterocycles. The quantitative estimate of drug-likeness (QED) is 0.339. The highest BCUT2D eigenvalue weighted by Crippen LogP contribution is 2.30. The normalized spacial score (nSPS) is 11.3. The fraction of sp³-hybridized carbons (Fsp3) is 0.0625. The van der Waals surface area contributed by atoms with Gasteiger partial charge in [-0.15, -0.1) is 0 Å². The monoisotopic (exact) mass is 325 g/mol. The van der Waals surface area contributed by atoms with Gasteiger partial charge in [-0.05, 0) is 23.8 Å². The minimum atomic E-state index is -0.396. The molecule has 4 aromatic rings. The van der Waals surface area contributed by atoms with Crippen molar-refractivity contribution in [1.82, 2.24) is 9.97 Å². The van der Waals surface area contributed by atoms with Crippen molar-refractivity contribution in [2.24, 2.45) is 0 Å². The van der Waals surface area contributed by atoms with E-state index >= 15 is 0 Å². The molecule has 2 aromatic heterocycles. The summed E-state index contributed by atoms with van der Waals surface area (Å²) in [6, 6.07) is 12.5. The Hall–Kier alpha value is -2.80. The third-order valence-electron chi connectivity index (χ3n) is 3.59. The number of aromatic amines is 1. The second kappa shape index (κ2) is 5.44. The summed E-state index contributed by atoms with van der Waals surface area (Å²) in [6.07, 6.45) is 1.87. The molecule has 0 saturated heterocycles. The van der Waals surface area contributed by atoms with Gasteiger partial charge in [0.1, 0.15) is 5.52 Å². The molecule has 6 nitrogen and oxygen atoms in total. The van der Waals surface area contributed by atoms with Crippen molar-refractivity contribution in [2.75, 3.05) is 0 Å². The first-order chi connectivity index (χ1) is 11.2. The maximum atomic E-state index is 10.8. The summed E-state index contributed by atoms with van der Waals surface area (Å²) >= 11 is 1.50. The number of nitrogens with one attached hydrogen (secondary N) is 1. The van der Waals surface area contributed by atoms with Gasteiger partial charge in [-0.1, -0.05) is 23.9 Å². The van der Waals surface area contributed by atoms with Gasteiger partial charge >= 0.3 is 0 Å². The second-order valence-electron chi connectivity index (χ2n) is 5.04. The number of benzene rings is 2. The molecule has 1 N–H and O–H groups in total. The topological polar surface area (TPSA) is 85.0 Å². The van der Waals surface area contributed by atoms with E-state index in [1.807, 2.05) is 30.5 Å².